The predicted molar refractivity (Wildman–Crippen MR) is 63.7 cm³/mol. The minimum Gasteiger partial charge on any atom is -0.309 e. The van der Waals surface area contributed by atoms with Gasteiger partial charge in [0.25, 0.3) is 0 Å². The Morgan fingerprint density at radius 2 is 2.20 bits per heavy atom. The molecule has 0 spiro atoms. The van der Waals surface area contributed by atoms with Crippen molar-refractivity contribution in [2.75, 3.05) is 6.54 Å². The summed E-state index contributed by atoms with van der Waals surface area (Å²) in [4.78, 5) is 11.3. The number of nitrogens with one attached hydrogen (secondary N) is 1. The molecule has 1 heterocycles. The number of halogens is 2. The fourth-order valence-corrected chi connectivity index (χ4v) is 1.95. The highest BCUT2D eigenvalue weighted by Crippen LogP contribution is 2.23. The number of carbonyl (C=O) groups is 1. The van der Waals surface area contributed by atoms with Gasteiger partial charge in [-0.15, -0.1) is 12.4 Å². The van der Waals surface area contributed by atoms with Gasteiger partial charge in [0.15, 0.2) is 0 Å². The van der Waals surface area contributed by atoms with Gasteiger partial charge in [0.05, 0.1) is 0 Å². The number of hydrogen-bond acceptors (Lipinski definition) is 2. The third kappa shape index (κ3) is 3.20. The molecule has 0 saturated carbocycles. The van der Waals surface area contributed by atoms with Crippen LogP contribution < -0.4 is 5.32 Å². The van der Waals surface area contributed by atoms with Crippen LogP contribution in [-0.4, -0.2) is 12.3 Å². The lowest BCUT2D eigenvalue weighted by atomic mass is 9.97. The molecule has 0 aliphatic carbocycles. The molecule has 15 heavy (non-hydrogen) atoms. The van der Waals surface area contributed by atoms with Gasteiger partial charge in [0, 0.05) is 30.5 Å². The van der Waals surface area contributed by atoms with Crippen molar-refractivity contribution in [2.24, 2.45) is 0 Å². The van der Waals surface area contributed by atoms with E-state index in [0.29, 0.717) is 18.6 Å². The monoisotopic (exact) mass is 245 g/mol. The highest BCUT2D eigenvalue weighted by atomic mass is 35.5. The molecule has 4 heteroatoms. The van der Waals surface area contributed by atoms with Gasteiger partial charge in [-0.05, 0) is 17.7 Å². The van der Waals surface area contributed by atoms with Gasteiger partial charge in [-0.1, -0.05) is 23.7 Å². The largest absolute Gasteiger partial charge is 0.309 e. The Labute approximate surface area is 100 Å². The summed E-state index contributed by atoms with van der Waals surface area (Å²) in [6.45, 7) is 0.774. The second-order valence-corrected chi connectivity index (χ2v) is 3.99. The van der Waals surface area contributed by atoms with E-state index in [1.807, 2.05) is 24.3 Å². The number of carbonyl (C=O) groups excluding carboxylic acids is 1. The molecule has 0 amide bonds. The normalized spacial score (nSPS) is 20.9. The van der Waals surface area contributed by atoms with Crippen molar-refractivity contribution in [2.45, 2.75) is 18.9 Å². The standard InChI is InChI=1S/C11H12ClNO.ClH/c12-9-3-1-2-8(6-9)11-7-10(14)4-5-13-11;/h1-3,6,11,13H,4-5,7H2;1H. The van der Waals surface area contributed by atoms with E-state index >= 15 is 0 Å². The smallest absolute Gasteiger partial charge is 0.136 e. The van der Waals surface area contributed by atoms with E-state index in [1.165, 1.54) is 0 Å². The molecule has 0 radical (unpaired) electrons. The van der Waals surface area contributed by atoms with Crippen LogP contribution in [-0.2, 0) is 4.79 Å². The fourth-order valence-electron chi connectivity index (χ4n) is 1.75. The van der Waals surface area contributed by atoms with Crippen molar-refractivity contribution in [1.29, 1.82) is 0 Å². The van der Waals surface area contributed by atoms with Gasteiger partial charge < -0.3 is 5.32 Å². The average Bonchev–Trinajstić information content (AvgIpc) is 2.18. The molecule has 0 aromatic heterocycles. The van der Waals surface area contributed by atoms with E-state index in [2.05, 4.69) is 5.32 Å². The molecule has 1 aliphatic heterocycles. The molecule has 1 fully saturated rings. The Bertz CT molecular complexity index is 354. The fraction of sp³-hybridized carbons (Fsp3) is 0.364. The molecule has 1 aromatic carbocycles. The maximum Gasteiger partial charge on any atom is 0.136 e. The van der Waals surface area contributed by atoms with Gasteiger partial charge >= 0.3 is 0 Å². The summed E-state index contributed by atoms with van der Waals surface area (Å²) in [6, 6.07) is 7.82. The van der Waals surface area contributed by atoms with Crippen molar-refractivity contribution in [3.8, 4) is 0 Å². The third-order valence-corrected chi connectivity index (χ3v) is 2.71. The van der Waals surface area contributed by atoms with Crippen LogP contribution in [0.3, 0.4) is 0 Å². The predicted octanol–water partition coefficient (Wildman–Crippen LogP) is 2.76. The summed E-state index contributed by atoms with van der Waals surface area (Å²) < 4.78 is 0. The summed E-state index contributed by atoms with van der Waals surface area (Å²) in [5.41, 5.74) is 1.10. The summed E-state index contributed by atoms with van der Waals surface area (Å²) in [6.07, 6.45) is 1.23. The number of hydrogen-bond donors (Lipinski definition) is 1. The molecule has 1 aromatic rings. The minimum atomic E-state index is 0. The first-order chi connectivity index (χ1) is 6.75. The van der Waals surface area contributed by atoms with E-state index in [9.17, 15) is 4.79 Å². The molecular formula is C11H13Cl2NO. The van der Waals surface area contributed by atoms with Gasteiger partial charge in [-0.2, -0.15) is 0 Å². The second-order valence-electron chi connectivity index (χ2n) is 3.55. The van der Waals surface area contributed by atoms with Crippen LogP contribution >= 0.6 is 24.0 Å². The van der Waals surface area contributed by atoms with Crippen LogP contribution in [0.25, 0.3) is 0 Å². The quantitative estimate of drug-likeness (QED) is 0.825. The van der Waals surface area contributed by atoms with Crippen LogP contribution in [0.5, 0.6) is 0 Å². The second kappa shape index (κ2) is 5.50. The van der Waals surface area contributed by atoms with Crippen molar-refractivity contribution >= 4 is 29.8 Å². The molecular weight excluding hydrogens is 233 g/mol. The molecule has 2 nitrogen and oxygen atoms in total. The van der Waals surface area contributed by atoms with E-state index < -0.39 is 0 Å². The number of benzene rings is 1. The van der Waals surface area contributed by atoms with Crippen LogP contribution in [0, 0.1) is 0 Å². The topological polar surface area (TPSA) is 29.1 Å². The maximum atomic E-state index is 11.3. The Hall–Kier alpha value is -0.570. The van der Waals surface area contributed by atoms with E-state index in [-0.39, 0.29) is 18.4 Å². The lowest BCUT2D eigenvalue weighted by molar-refractivity contribution is -0.120. The van der Waals surface area contributed by atoms with Crippen LogP contribution in [0.15, 0.2) is 24.3 Å². The lowest BCUT2D eigenvalue weighted by Crippen LogP contribution is -2.31. The molecule has 82 valence electrons. The highest BCUT2D eigenvalue weighted by Gasteiger charge is 2.19. The number of piperidine rings is 1. The SMILES string of the molecule is Cl.O=C1CCNC(c2cccc(Cl)c2)C1. The molecule has 0 bridgehead atoms. The van der Waals surface area contributed by atoms with Gasteiger partial charge in [-0.25, -0.2) is 0 Å². The van der Waals surface area contributed by atoms with Crippen LogP contribution in [0.4, 0.5) is 0 Å². The van der Waals surface area contributed by atoms with E-state index in [0.717, 1.165) is 17.1 Å². The highest BCUT2D eigenvalue weighted by molar-refractivity contribution is 6.30. The molecule has 1 N–H and O–H groups in total. The van der Waals surface area contributed by atoms with Gasteiger partial charge in [0.1, 0.15) is 5.78 Å². The summed E-state index contributed by atoms with van der Waals surface area (Å²) in [5.74, 6) is 0.328. The molecule has 1 aliphatic rings. The van der Waals surface area contributed by atoms with Crippen molar-refractivity contribution < 1.29 is 4.79 Å². The molecule has 1 saturated heterocycles. The molecule has 1 atom stereocenters. The summed E-state index contributed by atoms with van der Waals surface area (Å²) in [5, 5.41) is 4.04. The van der Waals surface area contributed by atoms with Crippen molar-refractivity contribution in [1.82, 2.24) is 5.32 Å². The zero-order valence-electron chi connectivity index (χ0n) is 8.20. The molecule has 2 rings (SSSR count). The number of Topliss-reactive ketones (excluding diaryl/α,β-unsaturated/α-hetero) is 1. The zero-order chi connectivity index (χ0) is 9.97. The average molecular weight is 246 g/mol. The summed E-state index contributed by atoms with van der Waals surface area (Å²) in [7, 11) is 0. The molecule has 1 unspecified atom stereocenters. The zero-order valence-corrected chi connectivity index (χ0v) is 9.77. The van der Waals surface area contributed by atoms with Crippen LogP contribution in [0.2, 0.25) is 5.02 Å². The van der Waals surface area contributed by atoms with Crippen molar-refractivity contribution in [3.05, 3.63) is 34.9 Å². The van der Waals surface area contributed by atoms with Gasteiger partial charge in [-0.3, -0.25) is 4.79 Å². The maximum absolute atomic E-state index is 11.3. The van der Waals surface area contributed by atoms with E-state index in [1.54, 1.807) is 0 Å². The Morgan fingerprint density at radius 3 is 2.87 bits per heavy atom. The third-order valence-electron chi connectivity index (χ3n) is 2.48. The number of ketones is 1. The van der Waals surface area contributed by atoms with E-state index in [4.69, 9.17) is 11.6 Å². The first-order valence-electron chi connectivity index (χ1n) is 4.76. The van der Waals surface area contributed by atoms with Crippen molar-refractivity contribution in [3.63, 3.8) is 0 Å². The minimum absolute atomic E-state index is 0. The van der Waals surface area contributed by atoms with Gasteiger partial charge in [0.2, 0.25) is 0 Å². The Morgan fingerprint density at radius 1 is 1.40 bits per heavy atom. The number of rotatable bonds is 1. The lowest BCUT2D eigenvalue weighted by Gasteiger charge is -2.23. The first-order valence-corrected chi connectivity index (χ1v) is 5.14. The summed E-state index contributed by atoms with van der Waals surface area (Å²) >= 11 is 5.89. The van der Waals surface area contributed by atoms with Crippen LogP contribution in [0.1, 0.15) is 24.4 Å². The Kier molecular flexibility index (Phi) is 4.58. The Balaban J connectivity index is 0.00000112. The first kappa shape index (κ1) is 12.5.